The van der Waals surface area contributed by atoms with Gasteiger partial charge in [-0.2, -0.15) is 0 Å². The van der Waals surface area contributed by atoms with E-state index in [2.05, 4.69) is 39.2 Å². The SMILES string of the molecule is CNC(C)c1ccccc1OCc1ccc(Br)cn1. The first-order valence-corrected chi connectivity index (χ1v) is 6.99. The molecule has 0 aliphatic heterocycles. The van der Waals surface area contributed by atoms with Crippen molar-refractivity contribution in [3.63, 3.8) is 0 Å². The van der Waals surface area contributed by atoms with Gasteiger partial charge in [0.05, 0.1) is 5.69 Å². The Kier molecular flexibility index (Phi) is 4.93. The predicted octanol–water partition coefficient (Wildman–Crippen LogP) is 3.70. The molecule has 2 aromatic rings. The van der Waals surface area contributed by atoms with Crippen LogP contribution < -0.4 is 10.1 Å². The van der Waals surface area contributed by atoms with Gasteiger partial charge in [0.1, 0.15) is 12.4 Å². The second-order valence-electron chi connectivity index (χ2n) is 4.30. The van der Waals surface area contributed by atoms with Gasteiger partial charge in [-0.1, -0.05) is 18.2 Å². The van der Waals surface area contributed by atoms with E-state index in [-0.39, 0.29) is 6.04 Å². The lowest BCUT2D eigenvalue weighted by molar-refractivity contribution is 0.295. The van der Waals surface area contributed by atoms with Crippen LogP contribution in [0.25, 0.3) is 0 Å². The Hall–Kier alpha value is -1.39. The molecule has 0 aliphatic carbocycles. The molecule has 100 valence electrons. The maximum Gasteiger partial charge on any atom is 0.130 e. The molecular weight excluding hydrogens is 304 g/mol. The van der Waals surface area contributed by atoms with Crippen LogP contribution in [0.1, 0.15) is 24.2 Å². The van der Waals surface area contributed by atoms with Crippen LogP contribution in [-0.2, 0) is 6.61 Å². The van der Waals surface area contributed by atoms with E-state index in [0.717, 1.165) is 21.5 Å². The molecule has 0 radical (unpaired) electrons. The van der Waals surface area contributed by atoms with Crippen LogP contribution in [0.5, 0.6) is 5.75 Å². The number of nitrogens with one attached hydrogen (secondary N) is 1. The Morgan fingerprint density at radius 1 is 1.26 bits per heavy atom. The molecule has 0 bridgehead atoms. The third kappa shape index (κ3) is 3.78. The molecule has 19 heavy (non-hydrogen) atoms. The molecular formula is C15H17BrN2O. The number of hydrogen-bond acceptors (Lipinski definition) is 3. The highest BCUT2D eigenvalue weighted by atomic mass is 79.9. The van der Waals surface area contributed by atoms with E-state index in [9.17, 15) is 0 Å². The predicted molar refractivity (Wildman–Crippen MR) is 80.2 cm³/mol. The Morgan fingerprint density at radius 2 is 2.05 bits per heavy atom. The van der Waals surface area contributed by atoms with Crippen molar-refractivity contribution >= 4 is 15.9 Å². The molecule has 1 unspecified atom stereocenters. The Bertz CT molecular complexity index is 528. The molecule has 1 atom stereocenters. The zero-order valence-electron chi connectivity index (χ0n) is 11.1. The van der Waals surface area contributed by atoms with Gasteiger partial charge in [0.15, 0.2) is 0 Å². The first kappa shape index (κ1) is 14.0. The molecule has 1 N–H and O–H groups in total. The first-order valence-electron chi connectivity index (χ1n) is 6.20. The topological polar surface area (TPSA) is 34.1 Å². The Morgan fingerprint density at radius 3 is 2.74 bits per heavy atom. The van der Waals surface area contributed by atoms with Crippen LogP contribution in [0.15, 0.2) is 47.1 Å². The average molecular weight is 321 g/mol. The number of rotatable bonds is 5. The molecule has 0 spiro atoms. The van der Waals surface area contributed by atoms with Gasteiger partial charge in [-0.25, -0.2) is 0 Å². The molecule has 0 fully saturated rings. The van der Waals surface area contributed by atoms with Crippen molar-refractivity contribution in [3.8, 4) is 5.75 Å². The van der Waals surface area contributed by atoms with Crippen molar-refractivity contribution in [1.82, 2.24) is 10.3 Å². The second kappa shape index (κ2) is 6.68. The summed E-state index contributed by atoms with van der Waals surface area (Å²) in [5, 5.41) is 3.23. The van der Waals surface area contributed by atoms with Crippen molar-refractivity contribution in [2.75, 3.05) is 7.05 Å². The molecule has 0 saturated heterocycles. The molecule has 1 aromatic carbocycles. The normalized spacial score (nSPS) is 12.2. The van der Waals surface area contributed by atoms with Crippen molar-refractivity contribution in [2.24, 2.45) is 0 Å². The third-order valence-electron chi connectivity index (χ3n) is 2.98. The number of benzene rings is 1. The van der Waals surface area contributed by atoms with Gasteiger partial charge in [-0.3, -0.25) is 4.98 Å². The van der Waals surface area contributed by atoms with Crippen molar-refractivity contribution < 1.29 is 4.74 Å². The van der Waals surface area contributed by atoms with Gasteiger partial charge >= 0.3 is 0 Å². The molecule has 0 amide bonds. The zero-order valence-corrected chi connectivity index (χ0v) is 12.6. The highest BCUT2D eigenvalue weighted by Crippen LogP contribution is 2.25. The second-order valence-corrected chi connectivity index (χ2v) is 5.22. The van der Waals surface area contributed by atoms with Crippen LogP contribution >= 0.6 is 15.9 Å². The van der Waals surface area contributed by atoms with E-state index < -0.39 is 0 Å². The molecule has 4 heteroatoms. The average Bonchev–Trinajstić information content (AvgIpc) is 2.46. The fraction of sp³-hybridized carbons (Fsp3) is 0.267. The summed E-state index contributed by atoms with van der Waals surface area (Å²) in [6, 6.07) is 12.2. The van der Waals surface area contributed by atoms with Gasteiger partial charge < -0.3 is 10.1 Å². The van der Waals surface area contributed by atoms with Crippen LogP contribution in [0.2, 0.25) is 0 Å². The number of para-hydroxylation sites is 1. The Labute approximate surface area is 122 Å². The molecule has 1 heterocycles. The van der Waals surface area contributed by atoms with Crippen LogP contribution in [0, 0.1) is 0 Å². The number of ether oxygens (including phenoxy) is 1. The summed E-state index contributed by atoms with van der Waals surface area (Å²) >= 11 is 3.37. The number of halogens is 1. The Balaban J connectivity index is 2.09. The third-order valence-corrected chi connectivity index (χ3v) is 3.45. The van der Waals surface area contributed by atoms with E-state index in [1.807, 2.05) is 37.4 Å². The lowest BCUT2D eigenvalue weighted by Crippen LogP contribution is -2.13. The van der Waals surface area contributed by atoms with Crippen LogP contribution in [0.3, 0.4) is 0 Å². The van der Waals surface area contributed by atoms with Gasteiger partial charge in [0.2, 0.25) is 0 Å². The monoisotopic (exact) mass is 320 g/mol. The minimum atomic E-state index is 0.258. The minimum absolute atomic E-state index is 0.258. The molecule has 0 saturated carbocycles. The molecule has 1 aromatic heterocycles. The first-order chi connectivity index (χ1) is 9.20. The maximum atomic E-state index is 5.87. The lowest BCUT2D eigenvalue weighted by Gasteiger charge is -2.16. The standard InChI is InChI=1S/C15H17BrN2O/c1-11(17-2)14-5-3-4-6-15(14)19-10-13-8-7-12(16)9-18-13/h3-9,11,17H,10H2,1-2H3. The lowest BCUT2D eigenvalue weighted by atomic mass is 10.1. The zero-order chi connectivity index (χ0) is 13.7. The minimum Gasteiger partial charge on any atom is -0.487 e. The summed E-state index contributed by atoms with van der Waals surface area (Å²) in [6.07, 6.45) is 1.78. The summed E-state index contributed by atoms with van der Waals surface area (Å²) in [6.45, 7) is 2.58. The highest BCUT2D eigenvalue weighted by molar-refractivity contribution is 9.10. The van der Waals surface area contributed by atoms with Crippen molar-refractivity contribution in [1.29, 1.82) is 0 Å². The van der Waals surface area contributed by atoms with Crippen LogP contribution in [0.4, 0.5) is 0 Å². The van der Waals surface area contributed by atoms with E-state index in [1.165, 1.54) is 0 Å². The summed E-state index contributed by atoms with van der Waals surface area (Å²) in [7, 11) is 1.94. The van der Waals surface area contributed by atoms with E-state index in [1.54, 1.807) is 6.20 Å². The van der Waals surface area contributed by atoms with Gasteiger partial charge in [0, 0.05) is 22.3 Å². The number of nitrogens with zero attached hydrogens (tertiary/aromatic N) is 1. The molecule has 0 aliphatic rings. The number of pyridine rings is 1. The van der Waals surface area contributed by atoms with E-state index in [4.69, 9.17) is 4.74 Å². The fourth-order valence-corrected chi connectivity index (χ4v) is 2.00. The summed E-state index contributed by atoms with van der Waals surface area (Å²) in [5.74, 6) is 0.897. The quantitative estimate of drug-likeness (QED) is 0.912. The summed E-state index contributed by atoms with van der Waals surface area (Å²) in [5.41, 5.74) is 2.07. The largest absolute Gasteiger partial charge is 0.487 e. The molecule has 2 rings (SSSR count). The number of aromatic nitrogens is 1. The van der Waals surface area contributed by atoms with Crippen LogP contribution in [-0.4, -0.2) is 12.0 Å². The maximum absolute atomic E-state index is 5.87. The van der Waals surface area contributed by atoms with Gasteiger partial charge in [-0.15, -0.1) is 0 Å². The molecule has 3 nitrogen and oxygen atoms in total. The van der Waals surface area contributed by atoms with Crippen molar-refractivity contribution in [2.45, 2.75) is 19.6 Å². The fourth-order valence-electron chi connectivity index (χ4n) is 1.77. The van der Waals surface area contributed by atoms with Crippen molar-refractivity contribution in [3.05, 3.63) is 58.3 Å². The summed E-state index contributed by atoms with van der Waals surface area (Å²) in [4.78, 5) is 4.30. The highest BCUT2D eigenvalue weighted by Gasteiger charge is 2.09. The summed E-state index contributed by atoms with van der Waals surface area (Å²) < 4.78 is 6.84. The van der Waals surface area contributed by atoms with E-state index >= 15 is 0 Å². The van der Waals surface area contributed by atoms with Gasteiger partial charge in [0.25, 0.3) is 0 Å². The van der Waals surface area contributed by atoms with E-state index in [0.29, 0.717) is 6.61 Å². The smallest absolute Gasteiger partial charge is 0.130 e. The number of hydrogen-bond donors (Lipinski definition) is 1. The van der Waals surface area contributed by atoms with Gasteiger partial charge in [-0.05, 0) is 48.1 Å².